The van der Waals surface area contributed by atoms with Gasteiger partial charge in [0.1, 0.15) is 11.4 Å². The van der Waals surface area contributed by atoms with Gasteiger partial charge in [-0.05, 0) is 24.1 Å². The maximum absolute atomic E-state index is 12.8. The van der Waals surface area contributed by atoms with Gasteiger partial charge in [-0.15, -0.1) is 11.3 Å². The molecule has 0 atom stereocenters. The van der Waals surface area contributed by atoms with E-state index in [-0.39, 0.29) is 11.6 Å². The van der Waals surface area contributed by atoms with Gasteiger partial charge in [-0.25, -0.2) is 0 Å². The largest absolute Gasteiger partial charge is 0.433 e. The summed E-state index contributed by atoms with van der Waals surface area (Å²) in [5.41, 5.74) is -0.598. The number of rotatable bonds is 6. The molecular weight excluding hydrogens is 339 g/mol. The fraction of sp³-hybridized carbons (Fsp3) is 0.500. The third-order valence-electron chi connectivity index (χ3n) is 3.96. The molecule has 0 aromatic carbocycles. The molecule has 1 N–H and O–H groups in total. The average Bonchev–Trinajstić information content (AvgIpc) is 3.14. The third-order valence-corrected chi connectivity index (χ3v) is 5.07. The van der Waals surface area contributed by atoms with Crippen LogP contribution in [-0.2, 0) is 13.2 Å². The monoisotopic (exact) mass is 359 g/mol. The Bertz CT molecular complexity index is 702. The summed E-state index contributed by atoms with van der Waals surface area (Å²) in [5, 5.41) is 6.77. The lowest BCUT2D eigenvalue weighted by atomic mass is 10.0. The molecule has 0 fully saturated rings. The summed E-state index contributed by atoms with van der Waals surface area (Å²) in [6, 6.07) is 4.24. The molecule has 2 aromatic heterocycles. The molecule has 0 radical (unpaired) electrons. The van der Waals surface area contributed by atoms with Gasteiger partial charge >= 0.3 is 6.18 Å². The summed E-state index contributed by atoms with van der Waals surface area (Å²) in [6.45, 7) is 4.74. The van der Waals surface area contributed by atoms with Gasteiger partial charge in [0.25, 0.3) is 5.91 Å². The second-order valence-electron chi connectivity index (χ2n) is 5.59. The zero-order valence-electron chi connectivity index (χ0n) is 13.8. The second-order valence-corrected chi connectivity index (χ2v) is 6.68. The number of nitrogens with zero attached hydrogens (tertiary/aromatic N) is 2. The SMILES string of the molecule is CCC(CC)CNC(=O)c1ccc(-c2cc(C(F)(F)F)n(C)n2)s1. The lowest BCUT2D eigenvalue weighted by Crippen LogP contribution is -2.28. The summed E-state index contributed by atoms with van der Waals surface area (Å²) < 4.78 is 39.3. The number of thiophene rings is 1. The standard InChI is InChI=1S/C16H20F3N3OS/c1-4-10(5-2)9-20-15(23)13-7-6-12(24-13)11-8-14(16(17,18)19)22(3)21-11/h6-8,10H,4-5,9H2,1-3H3,(H,20,23). The summed E-state index contributed by atoms with van der Waals surface area (Å²) in [6.07, 6.45) is -2.48. The minimum atomic E-state index is -4.45. The first-order chi connectivity index (χ1) is 11.3. The maximum Gasteiger partial charge on any atom is 0.433 e. The zero-order chi connectivity index (χ0) is 17.9. The maximum atomic E-state index is 12.8. The molecule has 0 saturated carbocycles. The van der Waals surface area contributed by atoms with Crippen molar-refractivity contribution in [1.29, 1.82) is 0 Å². The molecule has 4 nitrogen and oxygen atoms in total. The smallest absolute Gasteiger partial charge is 0.351 e. The van der Waals surface area contributed by atoms with Crippen molar-refractivity contribution in [3.8, 4) is 10.6 Å². The predicted molar refractivity (Wildman–Crippen MR) is 87.9 cm³/mol. The molecule has 2 heterocycles. The minimum Gasteiger partial charge on any atom is -0.351 e. The van der Waals surface area contributed by atoms with E-state index in [0.29, 0.717) is 22.2 Å². The molecule has 24 heavy (non-hydrogen) atoms. The first kappa shape index (κ1) is 18.5. The Hall–Kier alpha value is -1.83. The number of alkyl halides is 3. The summed E-state index contributed by atoms with van der Waals surface area (Å²) in [4.78, 5) is 13.2. The number of nitrogens with one attached hydrogen (secondary N) is 1. The van der Waals surface area contributed by atoms with Crippen molar-refractivity contribution in [1.82, 2.24) is 15.1 Å². The molecule has 0 aliphatic carbocycles. The molecule has 0 bridgehead atoms. The van der Waals surface area contributed by atoms with Crippen molar-refractivity contribution in [2.75, 3.05) is 6.54 Å². The lowest BCUT2D eigenvalue weighted by molar-refractivity contribution is -0.143. The van der Waals surface area contributed by atoms with Crippen molar-refractivity contribution < 1.29 is 18.0 Å². The normalized spacial score (nSPS) is 12.0. The molecular formula is C16H20F3N3OS. The van der Waals surface area contributed by atoms with Gasteiger partial charge in [0.2, 0.25) is 0 Å². The quantitative estimate of drug-likeness (QED) is 0.834. The highest BCUT2D eigenvalue weighted by Crippen LogP contribution is 2.34. The van der Waals surface area contributed by atoms with Crippen LogP contribution in [-0.4, -0.2) is 22.2 Å². The van der Waals surface area contributed by atoms with Gasteiger partial charge in [0.05, 0.1) is 9.75 Å². The number of carbonyl (C=O) groups is 1. The first-order valence-corrected chi connectivity index (χ1v) is 8.57. The molecule has 0 spiro atoms. The van der Waals surface area contributed by atoms with Gasteiger partial charge < -0.3 is 5.32 Å². The number of aryl methyl sites for hydroxylation is 1. The van der Waals surface area contributed by atoms with Crippen LogP contribution in [0, 0.1) is 5.92 Å². The van der Waals surface area contributed by atoms with E-state index in [1.807, 2.05) is 0 Å². The van der Waals surface area contributed by atoms with Crippen LogP contribution in [0.25, 0.3) is 10.6 Å². The number of carbonyl (C=O) groups excluding carboxylic acids is 1. The summed E-state index contributed by atoms with van der Waals surface area (Å²) in [5.74, 6) is 0.226. The Morgan fingerprint density at radius 2 is 2.00 bits per heavy atom. The van der Waals surface area contributed by atoms with Gasteiger partial charge in [0, 0.05) is 13.6 Å². The number of halogens is 3. The van der Waals surface area contributed by atoms with E-state index < -0.39 is 11.9 Å². The van der Waals surface area contributed by atoms with E-state index in [1.165, 1.54) is 7.05 Å². The Balaban J connectivity index is 2.12. The summed E-state index contributed by atoms with van der Waals surface area (Å²) in [7, 11) is 1.25. The highest BCUT2D eigenvalue weighted by atomic mass is 32.1. The van der Waals surface area contributed by atoms with Crippen molar-refractivity contribution in [3.63, 3.8) is 0 Å². The third kappa shape index (κ3) is 4.17. The van der Waals surface area contributed by atoms with Gasteiger partial charge in [-0.3, -0.25) is 9.48 Å². The van der Waals surface area contributed by atoms with E-state index in [1.54, 1.807) is 12.1 Å². The highest BCUT2D eigenvalue weighted by Gasteiger charge is 2.35. The fourth-order valence-electron chi connectivity index (χ4n) is 2.35. The van der Waals surface area contributed by atoms with Crippen LogP contribution in [0.2, 0.25) is 0 Å². The van der Waals surface area contributed by atoms with Crippen molar-refractivity contribution in [2.24, 2.45) is 13.0 Å². The van der Waals surface area contributed by atoms with E-state index >= 15 is 0 Å². The Labute approximate surface area is 142 Å². The van der Waals surface area contributed by atoms with Crippen LogP contribution in [0.1, 0.15) is 42.1 Å². The topological polar surface area (TPSA) is 46.9 Å². The number of hydrogen-bond acceptors (Lipinski definition) is 3. The number of aromatic nitrogens is 2. The molecule has 1 amide bonds. The first-order valence-electron chi connectivity index (χ1n) is 7.75. The van der Waals surface area contributed by atoms with Crippen LogP contribution in [0.4, 0.5) is 13.2 Å². The van der Waals surface area contributed by atoms with Crippen LogP contribution >= 0.6 is 11.3 Å². The van der Waals surface area contributed by atoms with Crippen LogP contribution < -0.4 is 5.32 Å². The molecule has 0 unspecified atom stereocenters. The highest BCUT2D eigenvalue weighted by molar-refractivity contribution is 7.17. The van der Waals surface area contributed by atoms with E-state index in [2.05, 4.69) is 24.3 Å². The molecule has 8 heteroatoms. The van der Waals surface area contributed by atoms with Crippen molar-refractivity contribution in [2.45, 2.75) is 32.9 Å². The van der Waals surface area contributed by atoms with Crippen molar-refractivity contribution >= 4 is 17.2 Å². The molecule has 0 saturated heterocycles. The Morgan fingerprint density at radius 1 is 1.33 bits per heavy atom. The molecule has 2 rings (SSSR count). The van der Waals surface area contributed by atoms with Gasteiger partial charge in [0.15, 0.2) is 0 Å². The second kappa shape index (κ2) is 7.38. The molecule has 0 aliphatic heterocycles. The van der Waals surface area contributed by atoms with Crippen molar-refractivity contribution in [3.05, 3.63) is 28.8 Å². The molecule has 0 aliphatic rings. The summed E-state index contributed by atoms with van der Waals surface area (Å²) >= 11 is 1.14. The van der Waals surface area contributed by atoms with Crippen LogP contribution in [0.5, 0.6) is 0 Å². The molecule has 2 aromatic rings. The van der Waals surface area contributed by atoms with Crippen LogP contribution in [0.3, 0.4) is 0 Å². The minimum absolute atomic E-state index is 0.204. The Kier molecular flexibility index (Phi) is 5.69. The lowest BCUT2D eigenvalue weighted by Gasteiger charge is -2.12. The Morgan fingerprint density at radius 3 is 2.54 bits per heavy atom. The number of hydrogen-bond donors (Lipinski definition) is 1. The van der Waals surface area contributed by atoms with E-state index in [0.717, 1.165) is 34.9 Å². The van der Waals surface area contributed by atoms with E-state index in [4.69, 9.17) is 0 Å². The van der Waals surface area contributed by atoms with Gasteiger partial charge in [-0.1, -0.05) is 26.7 Å². The zero-order valence-corrected chi connectivity index (χ0v) is 14.6. The van der Waals surface area contributed by atoms with Gasteiger partial charge in [-0.2, -0.15) is 18.3 Å². The predicted octanol–water partition coefficient (Wildman–Crippen LogP) is 4.33. The average molecular weight is 359 g/mol. The molecule has 132 valence electrons. The fourth-order valence-corrected chi connectivity index (χ4v) is 3.23. The van der Waals surface area contributed by atoms with E-state index in [9.17, 15) is 18.0 Å². The van der Waals surface area contributed by atoms with Crippen LogP contribution in [0.15, 0.2) is 18.2 Å². The number of amides is 1.